The van der Waals surface area contributed by atoms with Crippen LogP contribution in [0.2, 0.25) is 0 Å². The van der Waals surface area contributed by atoms with Gasteiger partial charge in [-0.2, -0.15) is 14.7 Å². The van der Waals surface area contributed by atoms with E-state index < -0.39 is 10.0 Å². The third-order valence-electron chi connectivity index (χ3n) is 1.86. The minimum absolute atomic E-state index is 0.00597. The maximum absolute atomic E-state index is 11.9. The van der Waals surface area contributed by atoms with Crippen LogP contribution in [0, 0.1) is 11.3 Å². The number of nitrogens with zero attached hydrogens (tertiary/aromatic N) is 3. The third-order valence-corrected chi connectivity index (χ3v) is 3.82. The van der Waals surface area contributed by atoms with Gasteiger partial charge in [0.05, 0.1) is 12.3 Å². The first-order valence-corrected chi connectivity index (χ1v) is 5.82. The largest absolute Gasteiger partial charge is 0.266 e. The second-order valence-corrected chi connectivity index (χ2v) is 5.08. The number of H-pyrrole nitrogens is 1. The molecule has 0 spiro atoms. The van der Waals surface area contributed by atoms with Crippen molar-refractivity contribution in [2.24, 2.45) is 0 Å². The minimum atomic E-state index is -3.63. The minimum Gasteiger partial charge on any atom is -0.266 e. The van der Waals surface area contributed by atoms with Crippen LogP contribution in [0.15, 0.2) is 17.3 Å². The van der Waals surface area contributed by atoms with Gasteiger partial charge in [-0.1, -0.05) is 0 Å². The number of nitriles is 1. The lowest BCUT2D eigenvalue weighted by Crippen LogP contribution is -2.37. The Labute approximate surface area is 88.6 Å². The van der Waals surface area contributed by atoms with Gasteiger partial charge in [-0.05, 0) is 19.9 Å². The molecule has 6 nitrogen and oxygen atoms in total. The van der Waals surface area contributed by atoms with Crippen LogP contribution >= 0.6 is 0 Å². The van der Waals surface area contributed by atoms with E-state index >= 15 is 0 Å². The monoisotopic (exact) mass is 228 g/mol. The first-order valence-electron chi connectivity index (χ1n) is 4.38. The number of aromatic nitrogens is 2. The lowest BCUT2D eigenvalue weighted by molar-refractivity contribution is 0.384. The van der Waals surface area contributed by atoms with E-state index in [-0.39, 0.29) is 17.6 Å². The fourth-order valence-electron chi connectivity index (χ4n) is 1.13. The molecule has 0 saturated heterocycles. The second-order valence-electron chi connectivity index (χ2n) is 3.22. The van der Waals surface area contributed by atoms with E-state index in [0.29, 0.717) is 0 Å². The molecule has 7 heteroatoms. The molecule has 0 fully saturated rings. The van der Waals surface area contributed by atoms with E-state index in [1.54, 1.807) is 13.8 Å². The number of aromatic amines is 1. The predicted octanol–water partition coefficient (Wildman–Crippen LogP) is 0.332. The molecule has 0 aliphatic carbocycles. The molecule has 1 aromatic heterocycles. The molecular weight excluding hydrogens is 216 g/mol. The van der Waals surface area contributed by atoms with Gasteiger partial charge < -0.3 is 0 Å². The summed E-state index contributed by atoms with van der Waals surface area (Å²) in [6, 6.07) is 2.93. The summed E-state index contributed by atoms with van der Waals surface area (Å²) in [5.41, 5.74) is 0. The van der Waals surface area contributed by atoms with Crippen LogP contribution in [-0.4, -0.2) is 35.5 Å². The van der Waals surface area contributed by atoms with E-state index in [4.69, 9.17) is 5.26 Å². The molecule has 0 aliphatic rings. The van der Waals surface area contributed by atoms with Crippen LogP contribution in [-0.2, 0) is 10.0 Å². The summed E-state index contributed by atoms with van der Waals surface area (Å²) in [6.45, 7) is 3.26. The Morgan fingerprint density at radius 3 is 2.73 bits per heavy atom. The fourth-order valence-corrected chi connectivity index (χ4v) is 2.56. The lowest BCUT2D eigenvalue weighted by Gasteiger charge is -2.21. The highest BCUT2D eigenvalue weighted by atomic mass is 32.2. The number of hydrogen-bond donors (Lipinski definition) is 1. The molecule has 0 saturated carbocycles. The summed E-state index contributed by atoms with van der Waals surface area (Å²) in [6.07, 6.45) is 1.36. The summed E-state index contributed by atoms with van der Waals surface area (Å²) in [4.78, 5) is 0. The summed E-state index contributed by atoms with van der Waals surface area (Å²) < 4.78 is 25.0. The summed E-state index contributed by atoms with van der Waals surface area (Å²) >= 11 is 0. The Morgan fingerprint density at radius 1 is 1.67 bits per heavy atom. The molecule has 0 aliphatic heterocycles. The quantitative estimate of drug-likeness (QED) is 0.752. The van der Waals surface area contributed by atoms with Crippen molar-refractivity contribution in [3.8, 4) is 6.07 Å². The summed E-state index contributed by atoms with van der Waals surface area (Å²) in [7, 11) is -3.63. The Bertz CT molecular complexity index is 443. The molecule has 1 aromatic rings. The zero-order chi connectivity index (χ0) is 11.5. The van der Waals surface area contributed by atoms with Gasteiger partial charge in [0.1, 0.15) is 6.54 Å². The van der Waals surface area contributed by atoms with Crippen molar-refractivity contribution in [2.45, 2.75) is 24.9 Å². The lowest BCUT2D eigenvalue weighted by atomic mass is 10.4. The van der Waals surface area contributed by atoms with Gasteiger partial charge >= 0.3 is 0 Å². The van der Waals surface area contributed by atoms with E-state index in [1.165, 1.54) is 12.3 Å². The average molecular weight is 228 g/mol. The Kier molecular flexibility index (Phi) is 3.44. The third kappa shape index (κ3) is 2.34. The molecule has 1 rings (SSSR count). The first-order chi connectivity index (χ1) is 7.00. The zero-order valence-corrected chi connectivity index (χ0v) is 9.32. The molecule has 1 N–H and O–H groups in total. The number of sulfonamides is 1. The molecule has 0 aromatic carbocycles. The molecule has 15 heavy (non-hydrogen) atoms. The van der Waals surface area contributed by atoms with Crippen molar-refractivity contribution in [1.29, 1.82) is 5.26 Å². The Hall–Kier alpha value is -1.39. The van der Waals surface area contributed by atoms with Crippen molar-refractivity contribution in [2.75, 3.05) is 6.54 Å². The molecule has 82 valence electrons. The highest BCUT2D eigenvalue weighted by Gasteiger charge is 2.27. The SMILES string of the molecule is CC(C)N(CC#N)S(=O)(=O)c1ccn[nH]1. The second kappa shape index (κ2) is 4.42. The Morgan fingerprint density at radius 2 is 2.33 bits per heavy atom. The zero-order valence-electron chi connectivity index (χ0n) is 8.51. The van der Waals surface area contributed by atoms with Crippen LogP contribution in [0.5, 0.6) is 0 Å². The van der Waals surface area contributed by atoms with Crippen LogP contribution in [0.4, 0.5) is 0 Å². The van der Waals surface area contributed by atoms with Crippen LogP contribution in [0.25, 0.3) is 0 Å². The van der Waals surface area contributed by atoms with Gasteiger partial charge in [-0.15, -0.1) is 0 Å². The van der Waals surface area contributed by atoms with Gasteiger partial charge in [0.15, 0.2) is 5.03 Å². The van der Waals surface area contributed by atoms with Crippen molar-refractivity contribution < 1.29 is 8.42 Å². The van der Waals surface area contributed by atoms with E-state index in [1.807, 2.05) is 6.07 Å². The smallest absolute Gasteiger partial charge is 0.261 e. The van der Waals surface area contributed by atoms with Gasteiger partial charge in [-0.3, -0.25) is 5.10 Å². The van der Waals surface area contributed by atoms with Crippen molar-refractivity contribution >= 4 is 10.0 Å². The molecule has 1 heterocycles. The topological polar surface area (TPSA) is 89.8 Å². The predicted molar refractivity (Wildman–Crippen MR) is 53.2 cm³/mol. The van der Waals surface area contributed by atoms with Gasteiger partial charge in [0.25, 0.3) is 10.0 Å². The summed E-state index contributed by atoms with van der Waals surface area (Å²) in [5, 5.41) is 14.5. The van der Waals surface area contributed by atoms with E-state index in [9.17, 15) is 8.42 Å². The fraction of sp³-hybridized carbons (Fsp3) is 0.500. The standard InChI is InChI=1S/C8H12N4O2S/c1-7(2)12(6-4-9)15(13,14)8-3-5-10-11-8/h3,5,7H,6H2,1-2H3,(H,10,11). The van der Waals surface area contributed by atoms with Crippen LogP contribution in [0.3, 0.4) is 0 Å². The molecule has 0 atom stereocenters. The molecule has 0 unspecified atom stereocenters. The van der Waals surface area contributed by atoms with Gasteiger partial charge in [0.2, 0.25) is 0 Å². The number of rotatable bonds is 4. The average Bonchev–Trinajstić information content (AvgIpc) is 2.66. The molecule has 0 bridgehead atoms. The van der Waals surface area contributed by atoms with Crippen molar-refractivity contribution in [3.63, 3.8) is 0 Å². The van der Waals surface area contributed by atoms with Crippen LogP contribution < -0.4 is 0 Å². The maximum Gasteiger partial charge on any atom is 0.261 e. The van der Waals surface area contributed by atoms with Crippen molar-refractivity contribution in [3.05, 3.63) is 12.3 Å². The highest BCUT2D eigenvalue weighted by Crippen LogP contribution is 2.14. The molecule has 0 radical (unpaired) electrons. The molecular formula is C8H12N4O2S. The van der Waals surface area contributed by atoms with Crippen LogP contribution in [0.1, 0.15) is 13.8 Å². The molecule has 0 amide bonds. The van der Waals surface area contributed by atoms with Gasteiger partial charge in [-0.25, -0.2) is 8.42 Å². The number of nitrogens with one attached hydrogen (secondary N) is 1. The maximum atomic E-state index is 11.9. The normalized spacial score (nSPS) is 11.9. The summed E-state index contributed by atoms with van der Waals surface area (Å²) in [5.74, 6) is 0. The Balaban J connectivity index is 3.09. The van der Waals surface area contributed by atoms with E-state index in [2.05, 4.69) is 10.2 Å². The van der Waals surface area contributed by atoms with E-state index in [0.717, 1.165) is 4.31 Å². The van der Waals surface area contributed by atoms with Gasteiger partial charge in [0, 0.05) is 6.04 Å². The highest BCUT2D eigenvalue weighted by molar-refractivity contribution is 7.89. The first kappa shape index (κ1) is 11.7. The van der Waals surface area contributed by atoms with Crippen molar-refractivity contribution in [1.82, 2.24) is 14.5 Å². The number of hydrogen-bond acceptors (Lipinski definition) is 4.